The molecule has 16 heavy (non-hydrogen) atoms. The zero-order valence-corrected chi connectivity index (χ0v) is 10.8. The van der Waals surface area contributed by atoms with Gasteiger partial charge in [0.25, 0.3) is 0 Å². The van der Waals surface area contributed by atoms with Crippen LogP contribution in [0, 0.1) is 0 Å². The van der Waals surface area contributed by atoms with Crippen LogP contribution in [0.3, 0.4) is 0 Å². The predicted molar refractivity (Wildman–Crippen MR) is 66.7 cm³/mol. The summed E-state index contributed by atoms with van der Waals surface area (Å²) >= 11 is 3.52. The average molecular weight is 281 g/mol. The van der Waals surface area contributed by atoms with Crippen LogP contribution in [0.2, 0.25) is 0 Å². The number of halogens is 1. The number of para-hydroxylation sites is 1. The fourth-order valence-corrected chi connectivity index (χ4v) is 2.02. The summed E-state index contributed by atoms with van der Waals surface area (Å²) in [4.78, 5) is 0. The maximum atomic E-state index is 5.32. The molecule has 3 nitrogen and oxygen atoms in total. The van der Waals surface area contributed by atoms with Crippen LogP contribution in [0.5, 0.6) is 0 Å². The van der Waals surface area contributed by atoms with E-state index in [0.717, 1.165) is 15.9 Å². The maximum Gasteiger partial charge on any atom is 0.0964 e. The third kappa shape index (κ3) is 2.03. The molecule has 0 fully saturated rings. The van der Waals surface area contributed by atoms with Gasteiger partial charge in [-0.25, -0.2) is 4.68 Å². The Morgan fingerprint density at radius 2 is 2.06 bits per heavy atom. The van der Waals surface area contributed by atoms with Gasteiger partial charge in [0, 0.05) is 17.8 Å². The Balaban J connectivity index is 2.49. The summed E-state index contributed by atoms with van der Waals surface area (Å²) in [6, 6.07) is 9.95. The molecule has 0 bridgehead atoms. The number of hydrogen-bond acceptors (Lipinski definition) is 2. The maximum absolute atomic E-state index is 5.32. The number of hydrogen-bond donors (Lipinski definition) is 0. The highest BCUT2D eigenvalue weighted by Gasteiger charge is 2.12. The number of nitrogens with zero attached hydrogens (tertiary/aromatic N) is 2. The Kier molecular flexibility index (Phi) is 3.41. The molecule has 1 heterocycles. The summed E-state index contributed by atoms with van der Waals surface area (Å²) in [5.74, 6) is 0. The van der Waals surface area contributed by atoms with Crippen molar-refractivity contribution in [3.63, 3.8) is 0 Å². The molecule has 2 aromatic rings. The lowest BCUT2D eigenvalue weighted by molar-refractivity contribution is 0.114. The molecule has 1 aromatic heterocycles. The number of aromatic nitrogens is 2. The molecular formula is C12H13BrN2O. The van der Waals surface area contributed by atoms with Crippen LogP contribution in [-0.2, 0) is 4.74 Å². The van der Waals surface area contributed by atoms with Gasteiger partial charge in [-0.3, -0.25) is 0 Å². The first-order chi connectivity index (χ1) is 7.74. The third-order valence-corrected chi connectivity index (χ3v) is 3.19. The molecule has 0 aliphatic rings. The van der Waals surface area contributed by atoms with E-state index in [1.165, 1.54) is 0 Å². The summed E-state index contributed by atoms with van der Waals surface area (Å²) in [7, 11) is 1.70. The third-order valence-electron chi connectivity index (χ3n) is 2.52. The number of ether oxygens (including phenoxy) is 1. The van der Waals surface area contributed by atoms with Gasteiger partial charge in [-0.15, -0.1) is 0 Å². The zero-order chi connectivity index (χ0) is 11.5. The number of methoxy groups -OCH3 is 1. The molecule has 1 aromatic carbocycles. The lowest BCUT2D eigenvalue weighted by Crippen LogP contribution is -2.07. The van der Waals surface area contributed by atoms with Crippen molar-refractivity contribution >= 4 is 15.9 Å². The number of rotatable bonds is 3. The van der Waals surface area contributed by atoms with Crippen LogP contribution in [-0.4, -0.2) is 16.9 Å². The van der Waals surface area contributed by atoms with E-state index in [1.807, 2.05) is 41.9 Å². The molecular weight excluding hydrogens is 268 g/mol. The Hall–Kier alpha value is -1.13. The summed E-state index contributed by atoms with van der Waals surface area (Å²) < 4.78 is 8.22. The zero-order valence-electron chi connectivity index (χ0n) is 9.22. The van der Waals surface area contributed by atoms with Crippen molar-refractivity contribution < 1.29 is 4.74 Å². The SMILES string of the molecule is COC(C)c1ccnn1-c1ccccc1Br. The van der Waals surface area contributed by atoms with Crippen molar-refractivity contribution in [1.82, 2.24) is 9.78 Å². The van der Waals surface area contributed by atoms with Crippen molar-refractivity contribution in [3.8, 4) is 5.69 Å². The Bertz CT molecular complexity index is 481. The van der Waals surface area contributed by atoms with E-state index in [1.54, 1.807) is 13.3 Å². The minimum absolute atomic E-state index is 0.0228. The minimum atomic E-state index is 0.0228. The van der Waals surface area contributed by atoms with Gasteiger partial charge in [0.05, 0.1) is 17.5 Å². The summed E-state index contributed by atoms with van der Waals surface area (Å²) in [6.07, 6.45) is 1.80. The van der Waals surface area contributed by atoms with Gasteiger partial charge in [-0.05, 0) is 41.1 Å². The molecule has 0 aliphatic carbocycles. The van der Waals surface area contributed by atoms with Crippen molar-refractivity contribution in [2.75, 3.05) is 7.11 Å². The second-order valence-corrected chi connectivity index (χ2v) is 4.35. The normalized spacial score (nSPS) is 12.7. The monoisotopic (exact) mass is 280 g/mol. The number of benzene rings is 1. The Labute approximate surface area is 103 Å². The highest BCUT2D eigenvalue weighted by molar-refractivity contribution is 9.10. The van der Waals surface area contributed by atoms with Gasteiger partial charge in [0.15, 0.2) is 0 Å². The van der Waals surface area contributed by atoms with Crippen molar-refractivity contribution in [2.24, 2.45) is 0 Å². The van der Waals surface area contributed by atoms with E-state index in [-0.39, 0.29) is 6.10 Å². The van der Waals surface area contributed by atoms with Crippen LogP contribution in [0.4, 0.5) is 0 Å². The first-order valence-electron chi connectivity index (χ1n) is 5.05. The molecule has 2 rings (SSSR count). The highest BCUT2D eigenvalue weighted by Crippen LogP contribution is 2.24. The van der Waals surface area contributed by atoms with Crippen molar-refractivity contribution in [3.05, 3.63) is 46.7 Å². The summed E-state index contributed by atoms with van der Waals surface area (Å²) in [5, 5.41) is 4.32. The first-order valence-corrected chi connectivity index (χ1v) is 5.85. The predicted octanol–water partition coefficient (Wildman–Crippen LogP) is 3.34. The van der Waals surface area contributed by atoms with Gasteiger partial charge >= 0.3 is 0 Å². The van der Waals surface area contributed by atoms with E-state index < -0.39 is 0 Å². The fraction of sp³-hybridized carbons (Fsp3) is 0.250. The van der Waals surface area contributed by atoms with E-state index in [9.17, 15) is 0 Å². The molecule has 4 heteroatoms. The van der Waals surface area contributed by atoms with Crippen LogP contribution >= 0.6 is 15.9 Å². The molecule has 0 amide bonds. The largest absolute Gasteiger partial charge is 0.375 e. The minimum Gasteiger partial charge on any atom is -0.375 e. The molecule has 0 saturated heterocycles. The Morgan fingerprint density at radius 3 is 2.75 bits per heavy atom. The highest BCUT2D eigenvalue weighted by atomic mass is 79.9. The van der Waals surface area contributed by atoms with Crippen LogP contribution in [0.1, 0.15) is 18.7 Å². The quantitative estimate of drug-likeness (QED) is 0.862. The Morgan fingerprint density at radius 1 is 1.31 bits per heavy atom. The van der Waals surface area contributed by atoms with Gasteiger partial charge in [-0.1, -0.05) is 12.1 Å². The second-order valence-electron chi connectivity index (χ2n) is 3.50. The molecule has 1 atom stereocenters. The topological polar surface area (TPSA) is 27.1 Å². The van der Waals surface area contributed by atoms with Gasteiger partial charge in [-0.2, -0.15) is 5.10 Å². The first kappa shape index (κ1) is 11.4. The van der Waals surface area contributed by atoms with Crippen molar-refractivity contribution in [1.29, 1.82) is 0 Å². The average Bonchev–Trinajstić information content (AvgIpc) is 2.77. The molecule has 84 valence electrons. The van der Waals surface area contributed by atoms with Crippen LogP contribution in [0.25, 0.3) is 5.69 Å². The molecule has 0 saturated carbocycles. The van der Waals surface area contributed by atoms with Gasteiger partial charge in [0.1, 0.15) is 0 Å². The van der Waals surface area contributed by atoms with E-state index >= 15 is 0 Å². The molecule has 1 unspecified atom stereocenters. The standard InChI is InChI=1S/C12H13BrN2O/c1-9(16-2)11-7-8-14-15(11)12-6-4-3-5-10(12)13/h3-9H,1-2H3. The summed E-state index contributed by atoms with van der Waals surface area (Å²) in [5.41, 5.74) is 2.06. The molecule has 0 N–H and O–H groups in total. The van der Waals surface area contributed by atoms with Crippen LogP contribution < -0.4 is 0 Å². The lowest BCUT2D eigenvalue weighted by atomic mass is 10.2. The van der Waals surface area contributed by atoms with E-state index in [4.69, 9.17) is 4.74 Å². The second kappa shape index (κ2) is 4.80. The summed E-state index contributed by atoms with van der Waals surface area (Å²) in [6.45, 7) is 2.00. The smallest absolute Gasteiger partial charge is 0.0964 e. The molecule has 0 spiro atoms. The fourth-order valence-electron chi connectivity index (χ4n) is 1.57. The lowest BCUT2D eigenvalue weighted by Gasteiger charge is -2.13. The molecule has 0 aliphatic heterocycles. The van der Waals surface area contributed by atoms with Gasteiger partial charge in [0.2, 0.25) is 0 Å². The van der Waals surface area contributed by atoms with E-state index in [0.29, 0.717) is 0 Å². The molecule has 0 radical (unpaired) electrons. The van der Waals surface area contributed by atoms with Gasteiger partial charge < -0.3 is 4.74 Å². The van der Waals surface area contributed by atoms with Crippen molar-refractivity contribution in [2.45, 2.75) is 13.0 Å². The van der Waals surface area contributed by atoms with E-state index in [2.05, 4.69) is 21.0 Å². The van der Waals surface area contributed by atoms with Crippen LogP contribution in [0.15, 0.2) is 41.0 Å².